The molecule has 0 spiro atoms. The summed E-state index contributed by atoms with van der Waals surface area (Å²) in [6.07, 6.45) is 5.08. The topological polar surface area (TPSA) is 52.6 Å². The summed E-state index contributed by atoms with van der Waals surface area (Å²) in [7, 11) is 2.05. The molecule has 29 heavy (non-hydrogen) atoms. The second kappa shape index (κ2) is 8.63. The fourth-order valence-corrected chi connectivity index (χ4v) is 5.32. The molecule has 2 aliphatic rings. The molecule has 0 atom stereocenters. The van der Waals surface area contributed by atoms with Crippen LogP contribution in [0.5, 0.6) is 0 Å². The number of hydrogen-bond acceptors (Lipinski definition) is 4. The Kier molecular flexibility index (Phi) is 5.96. The van der Waals surface area contributed by atoms with E-state index in [0.29, 0.717) is 23.7 Å². The average molecular weight is 416 g/mol. The Hall–Kier alpha value is -2.25. The molecule has 1 aromatic carbocycles. The molecule has 2 aromatic rings. The molecule has 2 amide bonds. The van der Waals surface area contributed by atoms with Crippen molar-refractivity contribution in [3.63, 3.8) is 0 Å². The number of amides is 2. The number of piperazine rings is 1. The molecule has 4 rings (SSSR count). The van der Waals surface area contributed by atoms with Gasteiger partial charge < -0.3 is 15.1 Å². The second-order valence-corrected chi connectivity index (χ2v) is 8.90. The molecule has 0 bridgehead atoms. The van der Waals surface area contributed by atoms with Crippen LogP contribution < -0.4 is 5.32 Å². The number of likely N-dealkylation sites (N-methyl/N-ethyl adjacent to an activating group) is 1. The van der Waals surface area contributed by atoms with E-state index in [1.807, 2.05) is 4.90 Å². The van der Waals surface area contributed by atoms with Gasteiger partial charge in [0, 0.05) is 31.1 Å². The smallest absolute Gasteiger partial charge is 0.259 e. The summed E-state index contributed by atoms with van der Waals surface area (Å²) < 4.78 is 14.1. The lowest BCUT2D eigenvalue weighted by Crippen LogP contribution is -2.47. The summed E-state index contributed by atoms with van der Waals surface area (Å²) in [5.74, 6) is -1.08. The second-order valence-electron chi connectivity index (χ2n) is 7.80. The molecule has 0 unspecified atom stereocenters. The number of aryl methyl sites for hydroxylation is 1. The van der Waals surface area contributed by atoms with Crippen molar-refractivity contribution < 1.29 is 14.0 Å². The number of anilines is 1. The molecule has 0 saturated carbocycles. The number of carbonyl (C=O) groups is 2. The summed E-state index contributed by atoms with van der Waals surface area (Å²) in [5.41, 5.74) is 1.70. The lowest BCUT2D eigenvalue weighted by molar-refractivity contribution is 0.0664. The normalized spacial score (nSPS) is 17.5. The van der Waals surface area contributed by atoms with Gasteiger partial charge in [-0.15, -0.1) is 11.3 Å². The highest BCUT2D eigenvalue weighted by molar-refractivity contribution is 7.17. The summed E-state index contributed by atoms with van der Waals surface area (Å²) >= 11 is 1.48. The largest absolute Gasteiger partial charge is 0.336 e. The van der Waals surface area contributed by atoms with Crippen LogP contribution in [0.15, 0.2) is 24.3 Å². The molecular formula is C22H26FN3O2S. The Bertz CT molecular complexity index is 919. The minimum Gasteiger partial charge on any atom is -0.336 e. The number of nitrogens with zero attached hydrogens (tertiary/aromatic N) is 2. The fourth-order valence-electron chi connectivity index (χ4n) is 4.04. The lowest BCUT2D eigenvalue weighted by atomic mass is 10.0. The number of fused-ring (bicyclic) bond motifs is 1. The van der Waals surface area contributed by atoms with Crippen molar-refractivity contribution in [2.75, 3.05) is 38.5 Å². The van der Waals surface area contributed by atoms with E-state index in [9.17, 15) is 14.0 Å². The molecule has 1 N–H and O–H groups in total. The number of rotatable bonds is 3. The van der Waals surface area contributed by atoms with E-state index < -0.39 is 11.7 Å². The zero-order chi connectivity index (χ0) is 20.4. The van der Waals surface area contributed by atoms with E-state index in [1.54, 1.807) is 12.1 Å². The van der Waals surface area contributed by atoms with Gasteiger partial charge in [0.1, 0.15) is 10.8 Å². The summed E-state index contributed by atoms with van der Waals surface area (Å²) in [4.78, 5) is 31.5. The highest BCUT2D eigenvalue weighted by Crippen LogP contribution is 2.38. The molecule has 1 aromatic heterocycles. The van der Waals surface area contributed by atoms with Crippen molar-refractivity contribution in [1.82, 2.24) is 9.80 Å². The molecule has 7 heteroatoms. The zero-order valence-electron chi connectivity index (χ0n) is 16.7. The van der Waals surface area contributed by atoms with Crippen LogP contribution in [0.25, 0.3) is 0 Å². The minimum atomic E-state index is -0.560. The molecule has 1 aliphatic heterocycles. The molecule has 154 valence electrons. The highest BCUT2D eigenvalue weighted by atomic mass is 32.1. The third-order valence-corrected chi connectivity index (χ3v) is 6.98. The molecule has 0 radical (unpaired) electrons. The average Bonchev–Trinajstić information content (AvgIpc) is 2.88. The van der Waals surface area contributed by atoms with Crippen LogP contribution in [-0.4, -0.2) is 54.8 Å². The van der Waals surface area contributed by atoms with Crippen LogP contribution >= 0.6 is 11.3 Å². The van der Waals surface area contributed by atoms with Crippen LogP contribution in [0.3, 0.4) is 0 Å². The summed E-state index contributed by atoms with van der Waals surface area (Å²) in [6, 6.07) is 5.93. The minimum absolute atomic E-state index is 0.00547. The van der Waals surface area contributed by atoms with Gasteiger partial charge in [0.2, 0.25) is 0 Å². The number of nitrogens with one attached hydrogen (secondary N) is 1. The Labute approximate surface area is 174 Å². The first-order valence-corrected chi connectivity index (χ1v) is 11.0. The van der Waals surface area contributed by atoms with Gasteiger partial charge in [0.25, 0.3) is 11.8 Å². The summed E-state index contributed by atoms with van der Waals surface area (Å²) in [5, 5.41) is 3.42. The zero-order valence-corrected chi connectivity index (χ0v) is 17.5. The molecule has 2 heterocycles. The monoisotopic (exact) mass is 415 g/mol. The Balaban J connectivity index is 1.67. The Morgan fingerprint density at radius 1 is 1.03 bits per heavy atom. The van der Waals surface area contributed by atoms with Crippen LogP contribution in [0.4, 0.5) is 9.39 Å². The van der Waals surface area contributed by atoms with Crippen LogP contribution in [0.2, 0.25) is 0 Å². The Morgan fingerprint density at radius 3 is 2.52 bits per heavy atom. The first-order valence-electron chi connectivity index (χ1n) is 10.2. The van der Waals surface area contributed by atoms with Crippen molar-refractivity contribution >= 4 is 28.2 Å². The van der Waals surface area contributed by atoms with Gasteiger partial charge in [-0.2, -0.15) is 0 Å². The van der Waals surface area contributed by atoms with Gasteiger partial charge in [-0.1, -0.05) is 18.6 Å². The predicted octanol–water partition coefficient (Wildman–Crippen LogP) is 3.80. The van der Waals surface area contributed by atoms with E-state index in [-0.39, 0.29) is 11.5 Å². The van der Waals surface area contributed by atoms with Gasteiger partial charge in [0.05, 0.1) is 11.1 Å². The quantitative estimate of drug-likeness (QED) is 0.776. The van der Waals surface area contributed by atoms with Crippen molar-refractivity contribution in [3.8, 4) is 0 Å². The first-order chi connectivity index (χ1) is 14.0. The number of thiophene rings is 1. The molecule has 5 nitrogen and oxygen atoms in total. The van der Waals surface area contributed by atoms with Gasteiger partial charge in [-0.25, -0.2) is 4.39 Å². The van der Waals surface area contributed by atoms with Crippen molar-refractivity contribution in [1.29, 1.82) is 0 Å². The third-order valence-electron chi connectivity index (χ3n) is 5.77. The van der Waals surface area contributed by atoms with Crippen LogP contribution in [0.1, 0.15) is 50.4 Å². The van der Waals surface area contributed by atoms with E-state index in [4.69, 9.17) is 0 Å². The van der Waals surface area contributed by atoms with E-state index >= 15 is 0 Å². The highest BCUT2D eigenvalue weighted by Gasteiger charge is 2.30. The van der Waals surface area contributed by atoms with Crippen LogP contribution in [0, 0.1) is 5.82 Å². The maximum Gasteiger partial charge on any atom is 0.259 e. The molecule has 1 aliphatic carbocycles. The number of halogens is 1. The molecule has 1 saturated heterocycles. The van der Waals surface area contributed by atoms with Crippen molar-refractivity contribution in [2.45, 2.75) is 32.1 Å². The number of benzene rings is 1. The fraction of sp³-hybridized carbons (Fsp3) is 0.455. The van der Waals surface area contributed by atoms with Gasteiger partial charge in [-0.3, -0.25) is 9.59 Å². The number of carbonyl (C=O) groups excluding carboxylic acids is 2. The maximum absolute atomic E-state index is 14.1. The van der Waals surface area contributed by atoms with Crippen molar-refractivity contribution in [2.24, 2.45) is 0 Å². The van der Waals surface area contributed by atoms with Gasteiger partial charge in [-0.05, 0) is 50.4 Å². The van der Waals surface area contributed by atoms with E-state index in [0.717, 1.165) is 50.8 Å². The third kappa shape index (κ3) is 4.21. The molecule has 1 fully saturated rings. The SMILES string of the molecule is CN1CCN(C(=O)c2c(NC(=O)c3ccccc3F)sc3c2CCCCC3)CC1. The lowest BCUT2D eigenvalue weighted by Gasteiger charge is -2.32. The Morgan fingerprint density at radius 2 is 1.76 bits per heavy atom. The van der Waals surface area contributed by atoms with Gasteiger partial charge in [0.15, 0.2) is 0 Å². The van der Waals surface area contributed by atoms with Crippen molar-refractivity contribution in [3.05, 3.63) is 51.7 Å². The first kappa shape index (κ1) is 20.0. The van der Waals surface area contributed by atoms with Crippen LogP contribution in [-0.2, 0) is 12.8 Å². The van der Waals surface area contributed by atoms with Gasteiger partial charge >= 0.3 is 0 Å². The molecular weight excluding hydrogens is 389 g/mol. The summed E-state index contributed by atoms with van der Waals surface area (Å²) in [6.45, 7) is 3.05. The number of hydrogen-bond donors (Lipinski definition) is 1. The standard InChI is InChI=1S/C22H26FN3O2S/c1-25-11-13-26(14-12-25)22(28)19-16-8-3-2-4-10-18(16)29-21(19)24-20(27)15-7-5-6-9-17(15)23/h5-7,9H,2-4,8,10-14H2,1H3,(H,24,27). The maximum atomic E-state index is 14.1. The predicted molar refractivity (Wildman–Crippen MR) is 113 cm³/mol. The van der Waals surface area contributed by atoms with E-state index in [2.05, 4.69) is 17.3 Å². The van der Waals surface area contributed by atoms with E-state index in [1.165, 1.54) is 28.3 Å².